The van der Waals surface area contributed by atoms with Crippen LogP contribution in [0, 0.1) is 0 Å². The van der Waals surface area contributed by atoms with E-state index in [9.17, 15) is 9.18 Å². The van der Waals surface area contributed by atoms with Crippen molar-refractivity contribution in [3.05, 3.63) is 0 Å². The summed E-state index contributed by atoms with van der Waals surface area (Å²) in [6.45, 7) is 0.260. The Morgan fingerprint density at radius 2 is 2.50 bits per heavy atom. The molecule has 1 saturated heterocycles. The maximum absolute atomic E-state index is 13.1. The van der Waals surface area contributed by atoms with Gasteiger partial charge in [-0.25, -0.2) is 4.39 Å². The molecule has 2 atom stereocenters. The van der Waals surface area contributed by atoms with Gasteiger partial charge in [-0.05, 0) is 17.3 Å². The fourth-order valence-electron chi connectivity index (χ4n) is 1.84. The second-order valence-corrected chi connectivity index (χ2v) is 4.63. The predicted molar refractivity (Wildman–Crippen MR) is 60.4 cm³/mol. The van der Waals surface area contributed by atoms with Crippen molar-refractivity contribution in [2.24, 2.45) is 0 Å². The lowest BCUT2D eigenvalue weighted by atomic mass is 9.92. The number of esters is 1. The largest absolute Gasteiger partial charge is 0.468 e. The third-order valence-electron chi connectivity index (χ3n) is 2.55. The van der Waals surface area contributed by atoms with E-state index in [1.165, 1.54) is 7.11 Å². The molecule has 1 aliphatic rings. The zero-order valence-corrected chi connectivity index (χ0v) is 10.3. The molecule has 2 unspecified atom stereocenters. The highest BCUT2D eigenvalue weighted by Gasteiger charge is 2.45. The van der Waals surface area contributed by atoms with E-state index in [-0.39, 0.29) is 18.9 Å². The van der Waals surface area contributed by atoms with Crippen LogP contribution < -0.4 is 5.32 Å². The van der Waals surface area contributed by atoms with Crippen LogP contribution in [0.3, 0.4) is 0 Å². The van der Waals surface area contributed by atoms with Crippen LogP contribution in [-0.4, -0.2) is 35.8 Å². The van der Waals surface area contributed by atoms with Gasteiger partial charge in [0.2, 0.25) is 0 Å². The average Bonchev–Trinajstić information content (AvgIpc) is 2.57. The fraction of sp³-hybridized carbons (Fsp3) is 0.889. The van der Waals surface area contributed by atoms with Crippen molar-refractivity contribution in [1.29, 1.82) is 0 Å². The van der Waals surface area contributed by atoms with E-state index in [1.807, 2.05) is 0 Å². The zero-order chi connectivity index (χ0) is 10.6. The first-order valence-electron chi connectivity index (χ1n) is 4.68. The van der Waals surface area contributed by atoms with Crippen molar-refractivity contribution >= 4 is 28.6 Å². The first-order valence-corrected chi connectivity index (χ1v) is 6.20. The molecule has 0 aliphatic carbocycles. The number of methoxy groups -OCH3 is 1. The van der Waals surface area contributed by atoms with E-state index in [1.54, 1.807) is 0 Å². The van der Waals surface area contributed by atoms with Crippen molar-refractivity contribution in [2.45, 2.75) is 31.0 Å². The van der Waals surface area contributed by atoms with Gasteiger partial charge in [-0.1, -0.05) is 22.6 Å². The van der Waals surface area contributed by atoms with Gasteiger partial charge in [0.05, 0.1) is 7.11 Å². The average molecular weight is 315 g/mol. The smallest absolute Gasteiger partial charge is 0.326 e. The quantitative estimate of drug-likeness (QED) is 0.485. The van der Waals surface area contributed by atoms with E-state index in [0.29, 0.717) is 6.42 Å². The van der Waals surface area contributed by atoms with Crippen LogP contribution in [0.2, 0.25) is 0 Å². The summed E-state index contributed by atoms with van der Waals surface area (Å²) in [5.41, 5.74) is -0.765. The minimum atomic E-state index is -0.927. The van der Waals surface area contributed by atoms with Gasteiger partial charge in [-0.2, -0.15) is 0 Å². The Balaban J connectivity index is 2.65. The van der Waals surface area contributed by atoms with Crippen LogP contribution in [0.5, 0.6) is 0 Å². The van der Waals surface area contributed by atoms with Crippen LogP contribution in [0.25, 0.3) is 0 Å². The molecule has 3 nitrogen and oxygen atoms in total. The number of nitrogens with one attached hydrogen (secondary N) is 1. The highest BCUT2D eigenvalue weighted by molar-refractivity contribution is 14.1. The molecule has 1 rings (SSSR count). The Hall–Kier alpha value is 0.0900. The summed E-state index contributed by atoms with van der Waals surface area (Å²) in [6, 6.07) is 0. The monoisotopic (exact) mass is 315 g/mol. The molecule has 14 heavy (non-hydrogen) atoms. The molecule has 1 aliphatic heterocycles. The number of ether oxygens (including phenoxy) is 1. The number of hydrogen-bond acceptors (Lipinski definition) is 3. The molecule has 1 N–H and O–H groups in total. The van der Waals surface area contributed by atoms with Gasteiger partial charge in [0.15, 0.2) is 0 Å². The van der Waals surface area contributed by atoms with E-state index < -0.39 is 11.7 Å². The molecular formula is C9H15FINO2. The highest BCUT2D eigenvalue weighted by Crippen LogP contribution is 2.28. The van der Waals surface area contributed by atoms with E-state index in [0.717, 1.165) is 10.8 Å². The normalized spacial score (nSPS) is 31.8. The Morgan fingerprint density at radius 1 is 1.79 bits per heavy atom. The van der Waals surface area contributed by atoms with E-state index >= 15 is 0 Å². The van der Waals surface area contributed by atoms with Crippen LogP contribution >= 0.6 is 22.6 Å². The molecule has 0 amide bonds. The van der Waals surface area contributed by atoms with Crippen LogP contribution in [0.1, 0.15) is 19.3 Å². The summed E-state index contributed by atoms with van der Waals surface area (Å²) in [4.78, 5) is 11.5. The molecule has 5 heteroatoms. The van der Waals surface area contributed by atoms with Gasteiger partial charge in [0.25, 0.3) is 0 Å². The molecule has 0 spiro atoms. The molecule has 1 fully saturated rings. The molecule has 1 heterocycles. The molecule has 82 valence electrons. The second-order valence-electron chi connectivity index (χ2n) is 3.55. The van der Waals surface area contributed by atoms with Crippen molar-refractivity contribution in [1.82, 2.24) is 5.32 Å². The summed E-state index contributed by atoms with van der Waals surface area (Å²) < 4.78 is 18.8. The lowest BCUT2D eigenvalue weighted by molar-refractivity contribution is -0.148. The standard InChI is InChI=1S/C9H15FINO2/c1-14-8(13)9(3-2-4-11)5-7(10)6-12-9/h7,12H,2-6H2,1H3. The number of hydrogen-bond donors (Lipinski definition) is 1. The maximum atomic E-state index is 13.1. The Morgan fingerprint density at radius 3 is 2.93 bits per heavy atom. The van der Waals surface area contributed by atoms with Gasteiger partial charge >= 0.3 is 5.97 Å². The fourth-order valence-corrected chi connectivity index (χ4v) is 2.22. The minimum absolute atomic E-state index is 0.246. The van der Waals surface area contributed by atoms with Crippen molar-refractivity contribution < 1.29 is 13.9 Å². The van der Waals surface area contributed by atoms with Crippen molar-refractivity contribution in [3.8, 4) is 0 Å². The zero-order valence-electron chi connectivity index (χ0n) is 8.19. The van der Waals surface area contributed by atoms with Gasteiger partial charge in [-0.15, -0.1) is 0 Å². The molecule has 0 aromatic heterocycles. The van der Waals surface area contributed by atoms with Gasteiger partial charge in [0, 0.05) is 13.0 Å². The summed E-state index contributed by atoms with van der Waals surface area (Å²) in [5, 5.41) is 2.95. The predicted octanol–water partition coefficient (Wildman–Crippen LogP) is 1.44. The van der Waals surface area contributed by atoms with Gasteiger partial charge in [0.1, 0.15) is 11.7 Å². The third kappa shape index (κ3) is 2.56. The van der Waals surface area contributed by atoms with E-state index in [2.05, 4.69) is 27.9 Å². The number of halogens is 2. The summed E-state index contributed by atoms with van der Waals surface area (Å²) >= 11 is 2.25. The Kier molecular flexibility index (Phi) is 4.56. The molecule has 0 aromatic carbocycles. The number of carbonyl (C=O) groups excluding carboxylic acids is 1. The molecular weight excluding hydrogens is 300 g/mol. The van der Waals surface area contributed by atoms with Crippen molar-refractivity contribution in [3.63, 3.8) is 0 Å². The van der Waals surface area contributed by atoms with Crippen LogP contribution in [0.4, 0.5) is 4.39 Å². The first kappa shape index (κ1) is 12.2. The first-order chi connectivity index (χ1) is 6.64. The van der Waals surface area contributed by atoms with Crippen molar-refractivity contribution in [2.75, 3.05) is 18.1 Å². The number of alkyl halides is 2. The number of carbonyl (C=O) groups is 1. The maximum Gasteiger partial charge on any atom is 0.326 e. The van der Waals surface area contributed by atoms with Gasteiger partial charge in [-0.3, -0.25) is 10.1 Å². The summed E-state index contributed by atoms with van der Waals surface area (Å²) in [7, 11) is 1.35. The summed E-state index contributed by atoms with van der Waals surface area (Å²) in [5.74, 6) is -0.331. The summed E-state index contributed by atoms with van der Waals surface area (Å²) in [6.07, 6.45) is 0.873. The topological polar surface area (TPSA) is 38.3 Å². The Labute approximate surface area is 96.9 Å². The van der Waals surface area contributed by atoms with E-state index in [4.69, 9.17) is 4.74 Å². The lowest BCUT2D eigenvalue weighted by Gasteiger charge is -2.25. The lowest BCUT2D eigenvalue weighted by Crippen LogP contribution is -2.48. The second kappa shape index (κ2) is 5.25. The SMILES string of the molecule is COC(=O)C1(CCCI)CC(F)CN1. The third-order valence-corrected chi connectivity index (χ3v) is 3.31. The van der Waals surface area contributed by atoms with Crippen LogP contribution in [0.15, 0.2) is 0 Å². The Bertz CT molecular complexity index is 215. The highest BCUT2D eigenvalue weighted by atomic mass is 127. The molecule has 0 saturated carbocycles. The molecule has 0 radical (unpaired) electrons. The van der Waals surface area contributed by atoms with Gasteiger partial charge < -0.3 is 4.74 Å². The molecule has 0 bridgehead atoms. The molecule has 0 aromatic rings. The minimum Gasteiger partial charge on any atom is -0.468 e. The van der Waals surface area contributed by atoms with Crippen LogP contribution in [-0.2, 0) is 9.53 Å². The number of rotatable bonds is 4.